The van der Waals surface area contributed by atoms with E-state index in [9.17, 15) is 19.8 Å². The first-order chi connectivity index (χ1) is 26.1. The van der Waals surface area contributed by atoms with Gasteiger partial charge in [-0.3, -0.25) is 0 Å². The van der Waals surface area contributed by atoms with E-state index in [1.807, 2.05) is 19.1 Å². The van der Waals surface area contributed by atoms with Crippen LogP contribution in [0, 0.1) is 5.92 Å². The number of aryl methyl sites for hydroxylation is 1. The van der Waals surface area contributed by atoms with E-state index < -0.39 is 12.1 Å². The molecule has 0 amide bonds. The summed E-state index contributed by atoms with van der Waals surface area (Å²) >= 11 is 0. The maximum absolute atomic E-state index is 12.8. The van der Waals surface area contributed by atoms with Gasteiger partial charge in [0.05, 0.1) is 32.5 Å². The Morgan fingerprint density at radius 3 is 2.28 bits per heavy atom. The van der Waals surface area contributed by atoms with E-state index in [1.54, 1.807) is 13.8 Å². The molecule has 292 valence electrons. The number of carbonyl (C=O) groups is 2. The van der Waals surface area contributed by atoms with Crippen molar-refractivity contribution in [3.05, 3.63) is 94.1 Å². The minimum Gasteiger partial charge on any atom is -0.493 e. The van der Waals surface area contributed by atoms with E-state index in [4.69, 9.17) is 14.2 Å². The lowest BCUT2D eigenvalue weighted by Gasteiger charge is -2.21. The van der Waals surface area contributed by atoms with Gasteiger partial charge in [-0.25, -0.2) is 9.59 Å². The molecule has 2 N–H and O–H groups in total. The van der Waals surface area contributed by atoms with E-state index in [0.717, 1.165) is 47.4 Å². The monoisotopic (exact) mass is 738 g/mol. The molecule has 54 heavy (non-hydrogen) atoms. The molecule has 7 heteroatoms. The zero-order valence-electron chi connectivity index (χ0n) is 33.3. The Morgan fingerprint density at radius 1 is 0.833 bits per heavy atom. The van der Waals surface area contributed by atoms with Crippen molar-refractivity contribution < 1.29 is 34.0 Å². The number of hydrogen-bond acceptors (Lipinski definition) is 7. The Bertz CT molecular complexity index is 1750. The van der Waals surface area contributed by atoms with Crippen LogP contribution in [-0.2, 0) is 44.7 Å². The predicted octanol–water partition coefficient (Wildman–Crippen LogP) is 9.80. The van der Waals surface area contributed by atoms with Gasteiger partial charge in [-0.15, -0.1) is 0 Å². The van der Waals surface area contributed by atoms with Crippen molar-refractivity contribution in [2.75, 3.05) is 26.4 Å². The first-order valence-corrected chi connectivity index (χ1v) is 20.1. The predicted molar refractivity (Wildman–Crippen MR) is 219 cm³/mol. The summed E-state index contributed by atoms with van der Waals surface area (Å²) in [5.74, 6) is 0.638. The van der Waals surface area contributed by atoms with E-state index >= 15 is 0 Å². The highest BCUT2D eigenvalue weighted by Crippen LogP contribution is 2.41. The highest BCUT2D eigenvalue weighted by Gasteiger charge is 2.23. The second-order valence-electron chi connectivity index (χ2n) is 14.8. The molecule has 0 aromatic heterocycles. The molecule has 3 aromatic carbocycles. The summed E-state index contributed by atoms with van der Waals surface area (Å²) in [5, 5.41) is 19.4. The third-order valence-electron chi connectivity index (χ3n) is 10.3. The summed E-state index contributed by atoms with van der Waals surface area (Å²) in [6.45, 7) is 14.0. The average molecular weight is 739 g/mol. The van der Waals surface area contributed by atoms with Gasteiger partial charge < -0.3 is 24.4 Å². The van der Waals surface area contributed by atoms with E-state index in [1.165, 1.54) is 59.9 Å². The van der Waals surface area contributed by atoms with Crippen molar-refractivity contribution in [1.82, 2.24) is 0 Å². The lowest BCUT2D eigenvalue weighted by molar-refractivity contribution is -0.139. The molecule has 0 aliphatic heterocycles. The molecule has 2 atom stereocenters. The molecule has 4 rings (SSSR count). The van der Waals surface area contributed by atoms with Crippen molar-refractivity contribution in [2.24, 2.45) is 5.92 Å². The SMILES string of the molecule is C=C(C)C(=O)OCCCc1c(C=C(C)C(=O)OCCC)ccc(-c2ccc(-c3ccc4c(c3)CC(CCCCC)C4)cc2CC)c1OCCCC(O)CO. The molecule has 0 heterocycles. The van der Waals surface area contributed by atoms with Gasteiger partial charge in [-0.05, 0) is 123 Å². The number of unbranched alkanes of at least 4 members (excludes halogenated alkanes) is 2. The molecule has 2 unspecified atom stereocenters. The van der Waals surface area contributed by atoms with Crippen LogP contribution in [0.4, 0.5) is 0 Å². The van der Waals surface area contributed by atoms with Crippen molar-refractivity contribution in [3.8, 4) is 28.0 Å². The fraction of sp³-hybridized carbons (Fsp3) is 0.489. The van der Waals surface area contributed by atoms with Gasteiger partial charge in [0.15, 0.2) is 0 Å². The molecule has 0 saturated carbocycles. The average Bonchev–Trinajstić information content (AvgIpc) is 3.59. The van der Waals surface area contributed by atoms with E-state index in [0.29, 0.717) is 55.8 Å². The highest BCUT2D eigenvalue weighted by molar-refractivity contribution is 5.94. The molecule has 1 aliphatic rings. The fourth-order valence-corrected chi connectivity index (χ4v) is 7.24. The van der Waals surface area contributed by atoms with Gasteiger partial charge in [0.25, 0.3) is 0 Å². The van der Waals surface area contributed by atoms with Crippen LogP contribution in [0.25, 0.3) is 28.3 Å². The smallest absolute Gasteiger partial charge is 0.333 e. The van der Waals surface area contributed by atoms with Crippen LogP contribution in [-0.4, -0.2) is 54.7 Å². The molecule has 0 bridgehead atoms. The number of esters is 2. The van der Waals surface area contributed by atoms with Crippen LogP contribution in [0.15, 0.2) is 66.3 Å². The summed E-state index contributed by atoms with van der Waals surface area (Å²) in [5.41, 5.74) is 11.1. The van der Waals surface area contributed by atoms with Crippen LogP contribution in [0.5, 0.6) is 5.75 Å². The van der Waals surface area contributed by atoms with Gasteiger partial charge >= 0.3 is 11.9 Å². The third kappa shape index (κ3) is 11.9. The second-order valence-corrected chi connectivity index (χ2v) is 14.8. The number of aliphatic hydroxyl groups excluding tert-OH is 2. The number of aliphatic hydroxyl groups is 2. The van der Waals surface area contributed by atoms with Gasteiger partial charge in [0.1, 0.15) is 5.75 Å². The topological polar surface area (TPSA) is 102 Å². The van der Waals surface area contributed by atoms with E-state index in [-0.39, 0.29) is 19.2 Å². The zero-order valence-corrected chi connectivity index (χ0v) is 33.3. The standard InChI is InChI=1S/C47H62O7/c1-7-10-11-14-34-27-36-17-18-37(30-40(36)28-34)38-19-21-42(35(9-3)29-38)44-22-20-39(26-33(6)47(51)53-23-8-2)43(16-13-25-54-46(50)32(4)5)45(44)52-24-12-15-41(49)31-48/h17-22,26,29-30,34,41,48-49H,4,7-16,23-25,27-28,31H2,1-3,5-6H3. The molecule has 7 nitrogen and oxygen atoms in total. The van der Waals surface area contributed by atoms with Crippen molar-refractivity contribution in [2.45, 2.75) is 118 Å². The van der Waals surface area contributed by atoms with Crippen LogP contribution in [0.2, 0.25) is 0 Å². The third-order valence-corrected chi connectivity index (χ3v) is 10.3. The lowest BCUT2D eigenvalue weighted by atomic mass is 9.89. The minimum atomic E-state index is -0.813. The Labute approximate surface area is 323 Å². The maximum atomic E-state index is 12.8. The Balaban J connectivity index is 1.74. The van der Waals surface area contributed by atoms with Crippen molar-refractivity contribution in [1.29, 1.82) is 0 Å². The lowest BCUT2D eigenvalue weighted by Crippen LogP contribution is -2.14. The Hall–Kier alpha value is -4.20. The van der Waals surface area contributed by atoms with Gasteiger partial charge in [-0.2, -0.15) is 0 Å². The zero-order chi connectivity index (χ0) is 39.0. The van der Waals surface area contributed by atoms with Crippen LogP contribution in [0.1, 0.15) is 114 Å². The molecule has 0 radical (unpaired) electrons. The van der Waals surface area contributed by atoms with Gasteiger partial charge in [0, 0.05) is 22.3 Å². The normalized spacial score (nSPS) is 14.4. The summed E-state index contributed by atoms with van der Waals surface area (Å²) < 4.78 is 17.5. The van der Waals surface area contributed by atoms with Gasteiger partial charge in [0.2, 0.25) is 0 Å². The first kappa shape index (κ1) is 42.5. The summed E-state index contributed by atoms with van der Waals surface area (Å²) in [4.78, 5) is 25.0. The molecular formula is C47H62O7. The van der Waals surface area contributed by atoms with Crippen LogP contribution in [0.3, 0.4) is 0 Å². The fourth-order valence-electron chi connectivity index (χ4n) is 7.24. The quantitative estimate of drug-likeness (QED) is 0.0601. The summed E-state index contributed by atoms with van der Waals surface area (Å²) in [7, 11) is 0. The van der Waals surface area contributed by atoms with Crippen LogP contribution < -0.4 is 4.74 Å². The number of rotatable bonds is 22. The van der Waals surface area contributed by atoms with Crippen molar-refractivity contribution in [3.63, 3.8) is 0 Å². The maximum Gasteiger partial charge on any atom is 0.333 e. The van der Waals surface area contributed by atoms with E-state index in [2.05, 4.69) is 62.9 Å². The second kappa shape index (κ2) is 21.6. The summed E-state index contributed by atoms with van der Waals surface area (Å²) in [6.07, 6.45) is 12.1. The minimum absolute atomic E-state index is 0.202. The molecule has 3 aromatic rings. The largest absolute Gasteiger partial charge is 0.493 e. The number of hydrogen-bond donors (Lipinski definition) is 2. The molecule has 0 fully saturated rings. The first-order valence-electron chi connectivity index (χ1n) is 20.1. The number of fused-ring (bicyclic) bond motifs is 1. The number of benzene rings is 3. The number of carbonyl (C=O) groups excluding carboxylic acids is 2. The van der Waals surface area contributed by atoms with Gasteiger partial charge in [-0.1, -0.05) is 95.1 Å². The molecule has 1 aliphatic carbocycles. The Kier molecular flexibility index (Phi) is 17.0. The molecular weight excluding hydrogens is 677 g/mol. The highest BCUT2D eigenvalue weighted by atomic mass is 16.5. The molecule has 0 spiro atoms. The van der Waals surface area contributed by atoms with Crippen LogP contribution >= 0.6 is 0 Å². The van der Waals surface area contributed by atoms with Crippen molar-refractivity contribution >= 4 is 18.0 Å². The summed E-state index contributed by atoms with van der Waals surface area (Å²) in [6, 6.07) is 17.8. The Morgan fingerprint density at radius 2 is 1.56 bits per heavy atom. The number of ether oxygens (including phenoxy) is 3. The molecule has 0 saturated heterocycles.